The fraction of sp³-hybridized carbons (Fsp3) is 0.316. The van der Waals surface area contributed by atoms with Crippen molar-refractivity contribution in [1.29, 1.82) is 0 Å². The summed E-state index contributed by atoms with van der Waals surface area (Å²) < 4.78 is 5.77. The third kappa shape index (κ3) is 4.35. The summed E-state index contributed by atoms with van der Waals surface area (Å²) in [4.78, 5) is 21.6. The lowest BCUT2D eigenvalue weighted by Crippen LogP contribution is -2.34. The molecule has 3 rings (SSSR count). The molecule has 25 heavy (non-hydrogen) atoms. The first-order valence-corrected chi connectivity index (χ1v) is 8.29. The van der Waals surface area contributed by atoms with Crippen LogP contribution in [-0.2, 0) is 16.2 Å². The number of carbonyl (C=O) groups is 1. The zero-order chi connectivity index (χ0) is 17.6. The number of amides is 1. The van der Waals surface area contributed by atoms with Crippen LogP contribution in [0.4, 0.5) is 0 Å². The summed E-state index contributed by atoms with van der Waals surface area (Å²) in [6.45, 7) is 4.32. The fourth-order valence-electron chi connectivity index (χ4n) is 2.55. The molecule has 0 bridgehead atoms. The van der Waals surface area contributed by atoms with Crippen LogP contribution >= 0.6 is 0 Å². The number of benzene rings is 1. The molecule has 2 aromatic rings. The van der Waals surface area contributed by atoms with E-state index in [4.69, 9.17) is 9.57 Å². The molecule has 130 valence electrons. The van der Waals surface area contributed by atoms with E-state index in [0.717, 1.165) is 22.6 Å². The number of para-hydroxylation sites is 1. The molecule has 1 N–H and O–H groups in total. The predicted octanol–water partition coefficient (Wildman–Crippen LogP) is 2.68. The number of hydrogen-bond acceptors (Lipinski definition) is 5. The molecule has 0 saturated heterocycles. The number of nitrogens with one attached hydrogen (secondary N) is 1. The molecule has 6 nitrogen and oxygen atoms in total. The molecule has 0 radical (unpaired) electrons. The van der Waals surface area contributed by atoms with Crippen LogP contribution in [0, 0.1) is 0 Å². The number of rotatable bonds is 6. The first kappa shape index (κ1) is 17.0. The maximum Gasteiger partial charge on any atom is 0.264 e. The second-order valence-electron chi connectivity index (χ2n) is 6.06. The van der Waals surface area contributed by atoms with Gasteiger partial charge in [-0.25, -0.2) is 0 Å². The molecular formula is C19H21N3O3. The summed E-state index contributed by atoms with van der Waals surface area (Å²) in [5.41, 5.74) is 2.60. The van der Waals surface area contributed by atoms with Gasteiger partial charge in [-0.3, -0.25) is 9.78 Å². The molecule has 0 saturated carbocycles. The quantitative estimate of drug-likeness (QED) is 0.878. The number of nitrogens with zero attached hydrogens (tertiary/aromatic N) is 2. The Balaban J connectivity index is 1.56. The van der Waals surface area contributed by atoms with Gasteiger partial charge in [-0.1, -0.05) is 23.4 Å². The minimum atomic E-state index is -0.610. The zero-order valence-electron chi connectivity index (χ0n) is 14.3. The molecule has 2 heterocycles. The Bertz CT molecular complexity index is 760. The summed E-state index contributed by atoms with van der Waals surface area (Å²) in [7, 11) is 0. The Morgan fingerprint density at radius 1 is 1.28 bits per heavy atom. The van der Waals surface area contributed by atoms with E-state index >= 15 is 0 Å². The van der Waals surface area contributed by atoms with E-state index in [0.29, 0.717) is 13.0 Å². The van der Waals surface area contributed by atoms with E-state index in [1.54, 1.807) is 12.4 Å². The zero-order valence-corrected chi connectivity index (χ0v) is 14.3. The van der Waals surface area contributed by atoms with Gasteiger partial charge in [-0.2, -0.15) is 0 Å². The van der Waals surface area contributed by atoms with Gasteiger partial charge in [0.05, 0.1) is 11.8 Å². The van der Waals surface area contributed by atoms with Crippen molar-refractivity contribution in [3.05, 3.63) is 59.9 Å². The van der Waals surface area contributed by atoms with E-state index in [2.05, 4.69) is 15.5 Å². The number of aromatic nitrogens is 1. The summed E-state index contributed by atoms with van der Waals surface area (Å²) in [5, 5.41) is 6.92. The number of hydrogen-bond donors (Lipinski definition) is 1. The molecule has 1 aromatic heterocycles. The number of oxime groups is 1. The second kappa shape index (κ2) is 7.79. The molecule has 1 aliphatic heterocycles. The van der Waals surface area contributed by atoms with E-state index in [1.165, 1.54) is 0 Å². The second-order valence-corrected chi connectivity index (χ2v) is 6.06. The highest BCUT2D eigenvalue weighted by atomic mass is 16.6. The average molecular weight is 339 g/mol. The van der Waals surface area contributed by atoms with Crippen molar-refractivity contribution in [2.24, 2.45) is 5.16 Å². The lowest BCUT2D eigenvalue weighted by Gasteiger charge is -2.15. The molecule has 6 heteroatoms. The Morgan fingerprint density at radius 3 is 2.80 bits per heavy atom. The van der Waals surface area contributed by atoms with Gasteiger partial charge < -0.3 is 14.9 Å². The van der Waals surface area contributed by atoms with Crippen molar-refractivity contribution in [2.45, 2.75) is 39.0 Å². The van der Waals surface area contributed by atoms with Gasteiger partial charge in [0.2, 0.25) is 6.10 Å². The van der Waals surface area contributed by atoms with Crippen LogP contribution in [-0.4, -0.2) is 28.8 Å². The van der Waals surface area contributed by atoms with Crippen molar-refractivity contribution in [3.8, 4) is 5.75 Å². The van der Waals surface area contributed by atoms with E-state index < -0.39 is 6.10 Å². The van der Waals surface area contributed by atoms with E-state index in [1.807, 2.05) is 50.2 Å². The lowest BCUT2D eigenvalue weighted by molar-refractivity contribution is -0.131. The van der Waals surface area contributed by atoms with Crippen molar-refractivity contribution >= 4 is 11.6 Å². The normalized spacial score (nSPS) is 16.3. The van der Waals surface area contributed by atoms with Crippen LogP contribution in [0.25, 0.3) is 0 Å². The summed E-state index contributed by atoms with van der Waals surface area (Å²) >= 11 is 0. The summed E-state index contributed by atoms with van der Waals surface area (Å²) in [6, 6.07) is 11.4. The van der Waals surface area contributed by atoms with Crippen LogP contribution < -0.4 is 10.1 Å². The van der Waals surface area contributed by atoms with Crippen molar-refractivity contribution in [2.75, 3.05) is 0 Å². The first-order chi connectivity index (χ1) is 12.1. The Morgan fingerprint density at radius 2 is 2.04 bits per heavy atom. The Kier molecular flexibility index (Phi) is 5.28. The largest absolute Gasteiger partial charge is 0.491 e. The molecule has 0 fully saturated rings. The Labute approximate surface area is 146 Å². The number of carbonyl (C=O) groups excluding carboxylic acids is 1. The highest BCUT2D eigenvalue weighted by molar-refractivity contribution is 6.03. The van der Waals surface area contributed by atoms with Crippen molar-refractivity contribution in [1.82, 2.24) is 10.3 Å². The minimum absolute atomic E-state index is 0.0753. The minimum Gasteiger partial charge on any atom is -0.491 e. The first-order valence-electron chi connectivity index (χ1n) is 8.29. The lowest BCUT2D eigenvalue weighted by atomic mass is 10.1. The third-order valence-corrected chi connectivity index (χ3v) is 3.76. The van der Waals surface area contributed by atoms with E-state index in [9.17, 15) is 4.79 Å². The van der Waals surface area contributed by atoms with Gasteiger partial charge in [-0.15, -0.1) is 0 Å². The van der Waals surface area contributed by atoms with Crippen molar-refractivity contribution < 1.29 is 14.4 Å². The van der Waals surface area contributed by atoms with Crippen LogP contribution in [0.2, 0.25) is 0 Å². The van der Waals surface area contributed by atoms with Gasteiger partial charge >= 0.3 is 0 Å². The third-order valence-electron chi connectivity index (χ3n) is 3.76. The number of pyridine rings is 1. The molecule has 1 aliphatic rings. The van der Waals surface area contributed by atoms with Crippen LogP contribution in [0.15, 0.2) is 53.9 Å². The number of ether oxygens (including phenoxy) is 1. The smallest absolute Gasteiger partial charge is 0.264 e. The van der Waals surface area contributed by atoms with Gasteiger partial charge in [0.15, 0.2) is 0 Å². The summed E-state index contributed by atoms with van der Waals surface area (Å²) in [6.07, 6.45) is 3.29. The fourth-order valence-corrected chi connectivity index (χ4v) is 2.55. The standard InChI is InChI=1S/C19H21N3O3/c1-13(2)24-17-6-4-3-5-15(17)12-21-19(23)18-11-16(22-25-18)14-7-9-20-10-8-14/h3-10,13,18H,11-12H2,1-2H3,(H,21,23)/t18-/m1/s1. The molecule has 1 aromatic carbocycles. The molecule has 0 aliphatic carbocycles. The Hall–Kier alpha value is -2.89. The van der Waals surface area contributed by atoms with Crippen molar-refractivity contribution in [3.63, 3.8) is 0 Å². The monoisotopic (exact) mass is 339 g/mol. The van der Waals surface area contributed by atoms with Gasteiger partial charge in [-0.05, 0) is 32.0 Å². The van der Waals surface area contributed by atoms with Gasteiger partial charge in [0.25, 0.3) is 5.91 Å². The highest BCUT2D eigenvalue weighted by Crippen LogP contribution is 2.20. The maximum absolute atomic E-state index is 12.4. The average Bonchev–Trinajstić information content (AvgIpc) is 3.11. The predicted molar refractivity (Wildman–Crippen MR) is 94.3 cm³/mol. The van der Waals surface area contributed by atoms with Crippen LogP contribution in [0.5, 0.6) is 5.75 Å². The molecule has 0 spiro atoms. The molecule has 1 atom stereocenters. The topological polar surface area (TPSA) is 72.8 Å². The van der Waals surface area contributed by atoms with Crippen LogP contribution in [0.1, 0.15) is 31.4 Å². The molecular weight excluding hydrogens is 318 g/mol. The van der Waals surface area contributed by atoms with Crippen LogP contribution in [0.3, 0.4) is 0 Å². The van der Waals surface area contributed by atoms with Gasteiger partial charge in [0, 0.05) is 36.5 Å². The summed E-state index contributed by atoms with van der Waals surface area (Å²) in [5.74, 6) is 0.589. The molecule has 0 unspecified atom stereocenters. The SMILES string of the molecule is CC(C)Oc1ccccc1CNC(=O)[C@H]1CC(c2ccncc2)=NO1. The molecule has 1 amide bonds. The maximum atomic E-state index is 12.4. The van der Waals surface area contributed by atoms with Gasteiger partial charge in [0.1, 0.15) is 5.75 Å². The van der Waals surface area contributed by atoms with E-state index in [-0.39, 0.29) is 12.0 Å². The highest BCUT2D eigenvalue weighted by Gasteiger charge is 2.28.